The number of nitriles is 1. The van der Waals surface area contributed by atoms with Crippen molar-refractivity contribution in [3.63, 3.8) is 0 Å². The van der Waals surface area contributed by atoms with Crippen LogP contribution >= 0.6 is 0 Å². The van der Waals surface area contributed by atoms with E-state index in [-0.39, 0.29) is 12.0 Å². The van der Waals surface area contributed by atoms with E-state index in [1.165, 1.54) is 36.4 Å². The van der Waals surface area contributed by atoms with E-state index in [2.05, 4.69) is 11.4 Å². The summed E-state index contributed by atoms with van der Waals surface area (Å²) in [6.07, 6.45) is -0.869. The number of carbonyl (C=O) groups is 1. The number of amides is 1. The molecule has 4 rings (SSSR count). The number of fused-ring (bicyclic) bond motifs is 1. The standard InChI is InChI=1S/C27H20F2N2O2/c28-20-11-9-19(10-12-20)26(32)25(15-17-5-7-18(16-30)8-6-17)31-27(33)23-13-14-24(29)22-4-2-1-3-21(22)23/h1-14,25-26,32H,15H2,(H,31,33). The number of nitrogens with zero attached hydrogens (tertiary/aromatic N) is 1. The van der Waals surface area contributed by atoms with Gasteiger partial charge in [-0.25, -0.2) is 8.78 Å². The van der Waals surface area contributed by atoms with Crippen molar-refractivity contribution in [2.45, 2.75) is 18.6 Å². The monoisotopic (exact) mass is 442 g/mol. The second kappa shape index (κ2) is 9.60. The van der Waals surface area contributed by atoms with Crippen molar-refractivity contribution >= 4 is 16.7 Å². The van der Waals surface area contributed by atoms with E-state index < -0.39 is 29.7 Å². The number of rotatable bonds is 6. The van der Waals surface area contributed by atoms with Gasteiger partial charge in [-0.3, -0.25) is 4.79 Å². The van der Waals surface area contributed by atoms with Gasteiger partial charge in [-0.05, 0) is 59.3 Å². The lowest BCUT2D eigenvalue weighted by Crippen LogP contribution is -2.41. The second-order valence-corrected chi connectivity index (χ2v) is 7.73. The van der Waals surface area contributed by atoms with Gasteiger partial charge in [0.05, 0.1) is 23.8 Å². The number of hydrogen-bond acceptors (Lipinski definition) is 3. The summed E-state index contributed by atoms with van der Waals surface area (Å²) >= 11 is 0. The summed E-state index contributed by atoms with van der Waals surface area (Å²) in [5, 5.41) is 23.7. The van der Waals surface area contributed by atoms with Crippen molar-refractivity contribution in [3.05, 3.63) is 119 Å². The molecular formula is C27H20F2N2O2. The lowest BCUT2D eigenvalue weighted by atomic mass is 9.94. The van der Waals surface area contributed by atoms with E-state index in [1.807, 2.05) is 0 Å². The first kappa shape index (κ1) is 22.1. The fourth-order valence-electron chi connectivity index (χ4n) is 3.81. The molecule has 2 N–H and O–H groups in total. The van der Waals surface area contributed by atoms with Crippen LogP contribution in [0.15, 0.2) is 84.9 Å². The van der Waals surface area contributed by atoms with E-state index >= 15 is 0 Å². The van der Waals surface area contributed by atoms with Crippen LogP contribution in [0.5, 0.6) is 0 Å². The molecule has 0 heterocycles. The predicted molar refractivity (Wildman–Crippen MR) is 121 cm³/mol. The van der Waals surface area contributed by atoms with Crippen LogP contribution in [0, 0.1) is 23.0 Å². The average molecular weight is 442 g/mol. The maximum absolute atomic E-state index is 14.2. The number of benzene rings is 4. The maximum Gasteiger partial charge on any atom is 0.252 e. The first-order valence-corrected chi connectivity index (χ1v) is 10.4. The highest BCUT2D eigenvalue weighted by atomic mass is 19.1. The van der Waals surface area contributed by atoms with Gasteiger partial charge in [0.1, 0.15) is 11.6 Å². The summed E-state index contributed by atoms with van der Waals surface area (Å²) in [6.45, 7) is 0. The second-order valence-electron chi connectivity index (χ2n) is 7.73. The van der Waals surface area contributed by atoms with Crippen LogP contribution in [0.3, 0.4) is 0 Å². The summed E-state index contributed by atoms with van der Waals surface area (Å²) in [5.74, 6) is -1.33. The van der Waals surface area contributed by atoms with Crippen LogP contribution in [0.2, 0.25) is 0 Å². The zero-order valence-electron chi connectivity index (χ0n) is 17.5. The molecule has 4 nitrogen and oxygen atoms in total. The average Bonchev–Trinajstić information content (AvgIpc) is 2.84. The van der Waals surface area contributed by atoms with Crippen LogP contribution in [-0.4, -0.2) is 17.1 Å². The number of hydrogen-bond donors (Lipinski definition) is 2. The third kappa shape index (κ3) is 4.89. The van der Waals surface area contributed by atoms with Gasteiger partial charge in [0, 0.05) is 10.9 Å². The van der Waals surface area contributed by atoms with Crippen molar-refractivity contribution in [2.75, 3.05) is 0 Å². The molecular weight excluding hydrogens is 422 g/mol. The number of aliphatic hydroxyl groups excluding tert-OH is 1. The van der Waals surface area contributed by atoms with E-state index in [0.717, 1.165) is 5.56 Å². The Morgan fingerprint density at radius 3 is 2.24 bits per heavy atom. The van der Waals surface area contributed by atoms with E-state index in [0.29, 0.717) is 21.9 Å². The van der Waals surface area contributed by atoms with Crippen LogP contribution in [-0.2, 0) is 6.42 Å². The number of nitrogens with one attached hydrogen (secondary N) is 1. The summed E-state index contributed by atoms with van der Waals surface area (Å²) in [4.78, 5) is 13.2. The quantitative estimate of drug-likeness (QED) is 0.438. The minimum Gasteiger partial charge on any atom is -0.386 e. The third-order valence-electron chi connectivity index (χ3n) is 5.56. The topological polar surface area (TPSA) is 73.1 Å². The molecule has 0 bridgehead atoms. The van der Waals surface area contributed by atoms with Crippen LogP contribution in [0.25, 0.3) is 10.8 Å². The Kier molecular flexibility index (Phi) is 6.43. The fraction of sp³-hybridized carbons (Fsp3) is 0.111. The first-order chi connectivity index (χ1) is 16.0. The molecule has 0 aliphatic heterocycles. The molecule has 0 saturated heterocycles. The molecule has 164 valence electrons. The van der Waals surface area contributed by atoms with Gasteiger partial charge in [0.25, 0.3) is 5.91 Å². The summed E-state index contributed by atoms with van der Waals surface area (Å²) in [5.41, 5.74) is 2.02. The molecule has 0 aromatic heterocycles. The van der Waals surface area contributed by atoms with Gasteiger partial charge in [-0.15, -0.1) is 0 Å². The van der Waals surface area contributed by atoms with Gasteiger partial charge in [-0.1, -0.05) is 48.5 Å². The van der Waals surface area contributed by atoms with Crippen LogP contribution < -0.4 is 5.32 Å². The Morgan fingerprint density at radius 1 is 0.909 bits per heavy atom. The Morgan fingerprint density at radius 2 is 1.58 bits per heavy atom. The molecule has 2 unspecified atom stereocenters. The van der Waals surface area contributed by atoms with Crippen LogP contribution in [0.1, 0.15) is 33.2 Å². The molecule has 0 radical (unpaired) electrons. The third-order valence-corrected chi connectivity index (χ3v) is 5.56. The Labute approximate surface area is 189 Å². The number of halogens is 2. The number of carbonyl (C=O) groups excluding carboxylic acids is 1. The zero-order chi connectivity index (χ0) is 23.4. The van der Waals surface area contributed by atoms with Crippen molar-refractivity contribution in [1.29, 1.82) is 5.26 Å². The molecule has 0 spiro atoms. The van der Waals surface area contributed by atoms with E-state index in [9.17, 15) is 18.7 Å². The predicted octanol–water partition coefficient (Wildman–Crippen LogP) is 5.06. The lowest BCUT2D eigenvalue weighted by molar-refractivity contribution is 0.0833. The van der Waals surface area contributed by atoms with Crippen LogP contribution in [0.4, 0.5) is 8.78 Å². The Hall–Kier alpha value is -4.08. The van der Waals surface area contributed by atoms with Gasteiger partial charge in [-0.2, -0.15) is 5.26 Å². The molecule has 1 amide bonds. The molecule has 0 fully saturated rings. The van der Waals surface area contributed by atoms with Gasteiger partial charge < -0.3 is 10.4 Å². The highest BCUT2D eigenvalue weighted by Crippen LogP contribution is 2.24. The smallest absolute Gasteiger partial charge is 0.252 e. The molecule has 4 aromatic rings. The molecule has 0 aliphatic rings. The summed E-state index contributed by atoms with van der Waals surface area (Å²) in [7, 11) is 0. The Bertz CT molecular complexity index is 1330. The molecule has 0 saturated carbocycles. The molecule has 0 aliphatic carbocycles. The largest absolute Gasteiger partial charge is 0.386 e. The minimum atomic E-state index is -1.13. The SMILES string of the molecule is N#Cc1ccc(CC(NC(=O)c2ccc(F)c3ccccc23)C(O)c2ccc(F)cc2)cc1. The highest BCUT2D eigenvalue weighted by Gasteiger charge is 2.25. The summed E-state index contributed by atoms with van der Waals surface area (Å²) < 4.78 is 27.6. The molecule has 6 heteroatoms. The molecule has 33 heavy (non-hydrogen) atoms. The lowest BCUT2D eigenvalue weighted by Gasteiger charge is -2.25. The summed E-state index contributed by atoms with van der Waals surface area (Å²) in [6, 6.07) is 22.9. The molecule has 4 aromatic carbocycles. The normalized spacial score (nSPS) is 12.7. The minimum absolute atomic E-state index is 0.259. The maximum atomic E-state index is 14.2. The fourth-order valence-corrected chi connectivity index (χ4v) is 3.81. The Balaban J connectivity index is 1.66. The first-order valence-electron chi connectivity index (χ1n) is 10.4. The van der Waals surface area contributed by atoms with Gasteiger partial charge in [0.15, 0.2) is 0 Å². The van der Waals surface area contributed by atoms with E-state index in [1.54, 1.807) is 48.5 Å². The number of aliphatic hydroxyl groups is 1. The molecule has 2 atom stereocenters. The van der Waals surface area contributed by atoms with Gasteiger partial charge >= 0.3 is 0 Å². The highest BCUT2D eigenvalue weighted by molar-refractivity contribution is 6.07. The zero-order valence-corrected chi connectivity index (χ0v) is 17.5. The van der Waals surface area contributed by atoms with Crippen molar-refractivity contribution in [1.82, 2.24) is 5.32 Å². The van der Waals surface area contributed by atoms with Crippen molar-refractivity contribution in [2.24, 2.45) is 0 Å². The van der Waals surface area contributed by atoms with Crippen molar-refractivity contribution in [3.8, 4) is 6.07 Å². The van der Waals surface area contributed by atoms with Crippen molar-refractivity contribution < 1.29 is 18.7 Å². The van der Waals surface area contributed by atoms with Gasteiger partial charge in [0.2, 0.25) is 0 Å². The van der Waals surface area contributed by atoms with E-state index in [4.69, 9.17) is 5.26 Å².